The molecule has 2 fully saturated rings. The van der Waals surface area contributed by atoms with Crippen LogP contribution in [-0.4, -0.2) is 52.4 Å². The zero-order chi connectivity index (χ0) is 24.7. The highest BCUT2D eigenvalue weighted by molar-refractivity contribution is 7.96. The van der Waals surface area contributed by atoms with Gasteiger partial charge in [0.25, 0.3) is 0 Å². The highest BCUT2D eigenvalue weighted by atomic mass is 35.5. The molecular weight excluding hydrogens is 510 g/mol. The molecule has 0 radical (unpaired) electrons. The molecule has 3 N–H and O–H groups in total. The molecule has 35 heavy (non-hydrogen) atoms. The van der Waals surface area contributed by atoms with Gasteiger partial charge in [-0.05, 0) is 30.5 Å². The van der Waals surface area contributed by atoms with Crippen molar-refractivity contribution in [2.24, 2.45) is 5.41 Å². The van der Waals surface area contributed by atoms with Crippen LogP contribution >= 0.6 is 35.1 Å². The van der Waals surface area contributed by atoms with Crippen LogP contribution in [0.4, 0.5) is 15.9 Å². The van der Waals surface area contributed by atoms with E-state index in [1.54, 1.807) is 30.1 Å². The van der Waals surface area contributed by atoms with Gasteiger partial charge in [0, 0.05) is 72.6 Å². The van der Waals surface area contributed by atoms with Gasteiger partial charge in [0.1, 0.15) is 12.4 Å². The predicted octanol–water partition coefficient (Wildman–Crippen LogP) is 4.90. The summed E-state index contributed by atoms with van der Waals surface area (Å²) < 4.78 is 23.1. The first kappa shape index (κ1) is 24.1. The van der Waals surface area contributed by atoms with Crippen molar-refractivity contribution in [3.8, 4) is 5.75 Å². The number of halogens is 3. The van der Waals surface area contributed by atoms with Crippen LogP contribution in [0.2, 0.25) is 10.0 Å². The number of pyridine rings is 2. The summed E-state index contributed by atoms with van der Waals surface area (Å²) in [5.74, 6) is 0.348. The standard InChI is InChI=1S/C24H23Cl2FN6OS/c1-35-33-12-24(13-33)10-32(11-24)23-20(27)4-14(6-31-23)22(29)16-5-15(2-3-21(16)28)34-9-17-18(25)7-30-8-19(17)26/h2-8,29H,9-13,28H2,1H3. The van der Waals surface area contributed by atoms with E-state index in [1.807, 2.05) is 4.90 Å². The molecule has 2 aliphatic heterocycles. The molecule has 7 nitrogen and oxygen atoms in total. The second-order valence-corrected chi connectivity index (χ2v) is 10.6. The quantitative estimate of drug-likeness (QED) is 0.254. The van der Waals surface area contributed by atoms with Gasteiger partial charge in [-0.2, -0.15) is 0 Å². The number of hydrogen-bond acceptors (Lipinski definition) is 8. The maximum absolute atomic E-state index is 15.0. The van der Waals surface area contributed by atoms with Gasteiger partial charge in [-0.1, -0.05) is 35.1 Å². The fraction of sp³-hybridized carbons (Fsp3) is 0.292. The summed E-state index contributed by atoms with van der Waals surface area (Å²) in [4.78, 5) is 10.2. The number of aromatic nitrogens is 2. The lowest BCUT2D eigenvalue weighted by Crippen LogP contribution is -2.71. The molecule has 0 saturated carbocycles. The van der Waals surface area contributed by atoms with Gasteiger partial charge < -0.3 is 15.4 Å². The van der Waals surface area contributed by atoms with Crippen LogP contribution in [0.15, 0.2) is 42.9 Å². The number of hydrogen-bond donors (Lipinski definition) is 2. The minimum atomic E-state index is -0.448. The molecule has 2 aliphatic rings. The lowest BCUT2D eigenvalue weighted by Gasteiger charge is -2.59. The van der Waals surface area contributed by atoms with Crippen molar-refractivity contribution in [2.75, 3.05) is 43.1 Å². The van der Waals surface area contributed by atoms with Gasteiger partial charge in [-0.3, -0.25) is 10.4 Å². The number of ether oxygens (including phenoxy) is 1. The molecule has 0 amide bonds. The van der Waals surface area contributed by atoms with Crippen molar-refractivity contribution in [2.45, 2.75) is 6.61 Å². The fourth-order valence-electron chi connectivity index (χ4n) is 4.47. The summed E-state index contributed by atoms with van der Waals surface area (Å²) >= 11 is 14.1. The Morgan fingerprint density at radius 2 is 1.89 bits per heavy atom. The van der Waals surface area contributed by atoms with Gasteiger partial charge in [0.05, 0.1) is 15.8 Å². The van der Waals surface area contributed by atoms with Crippen molar-refractivity contribution < 1.29 is 9.13 Å². The molecule has 0 atom stereocenters. The number of rotatable bonds is 7. The highest BCUT2D eigenvalue weighted by Crippen LogP contribution is 2.44. The zero-order valence-corrected chi connectivity index (χ0v) is 21.2. The molecule has 11 heteroatoms. The summed E-state index contributed by atoms with van der Waals surface area (Å²) in [5.41, 5.74) is 8.17. The highest BCUT2D eigenvalue weighted by Gasteiger charge is 2.52. The first-order valence-electron chi connectivity index (χ1n) is 10.9. The van der Waals surface area contributed by atoms with Crippen LogP contribution in [0.1, 0.15) is 16.7 Å². The van der Waals surface area contributed by atoms with Crippen molar-refractivity contribution >= 4 is 52.4 Å². The van der Waals surface area contributed by atoms with E-state index >= 15 is 0 Å². The second kappa shape index (κ2) is 9.46. The molecule has 0 aliphatic carbocycles. The van der Waals surface area contributed by atoms with Crippen molar-refractivity contribution in [1.29, 1.82) is 5.41 Å². The molecule has 5 rings (SSSR count). The fourth-order valence-corrected chi connectivity index (χ4v) is 5.75. The normalized spacial score (nSPS) is 16.6. The van der Waals surface area contributed by atoms with Crippen LogP contribution in [0.25, 0.3) is 0 Å². The van der Waals surface area contributed by atoms with Crippen LogP contribution in [-0.2, 0) is 6.61 Å². The third-order valence-corrected chi connectivity index (χ3v) is 7.80. The Bertz CT molecular complexity index is 1270. The molecule has 2 aromatic heterocycles. The van der Waals surface area contributed by atoms with Gasteiger partial charge >= 0.3 is 0 Å². The lowest BCUT2D eigenvalue weighted by atomic mass is 9.74. The number of nitrogens with zero attached hydrogens (tertiary/aromatic N) is 4. The van der Waals surface area contributed by atoms with Crippen LogP contribution < -0.4 is 15.4 Å². The minimum Gasteiger partial charge on any atom is -0.489 e. The summed E-state index contributed by atoms with van der Waals surface area (Å²) in [6, 6.07) is 6.31. The molecule has 0 bridgehead atoms. The van der Waals surface area contributed by atoms with E-state index in [0.717, 1.165) is 26.2 Å². The summed E-state index contributed by atoms with van der Waals surface area (Å²) in [7, 11) is 0. The van der Waals surface area contributed by atoms with Gasteiger partial charge in [0.15, 0.2) is 11.6 Å². The van der Waals surface area contributed by atoms with E-state index in [2.05, 4.69) is 20.5 Å². The lowest BCUT2D eigenvalue weighted by molar-refractivity contribution is 0.0469. The Hall–Kier alpha value is -2.59. The molecule has 0 unspecified atom stereocenters. The number of nitrogens with one attached hydrogen (secondary N) is 1. The Morgan fingerprint density at radius 1 is 1.17 bits per heavy atom. The van der Waals surface area contributed by atoms with E-state index in [-0.39, 0.29) is 17.7 Å². The number of nitrogen functional groups attached to an aromatic ring is 1. The summed E-state index contributed by atoms with van der Waals surface area (Å²) in [6.45, 7) is 3.75. The smallest absolute Gasteiger partial charge is 0.166 e. The molecule has 182 valence electrons. The van der Waals surface area contributed by atoms with Crippen LogP contribution in [0.5, 0.6) is 5.75 Å². The average Bonchev–Trinajstić information content (AvgIpc) is 2.78. The maximum atomic E-state index is 15.0. The van der Waals surface area contributed by atoms with E-state index in [1.165, 1.54) is 24.7 Å². The van der Waals surface area contributed by atoms with Crippen molar-refractivity contribution in [3.05, 3.63) is 75.4 Å². The third-order valence-electron chi connectivity index (χ3n) is 6.37. The molecule has 1 spiro atoms. The van der Waals surface area contributed by atoms with Gasteiger partial charge in [0.2, 0.25) is 0 Å². The van der Waals surface area contributed by atoms with E-state index < -0.39 is 5.82 Å². The molecule has 4 heterocycles. The third kappa shape index (κ3) is 4.65. The van der Waals surface area contributed by atoms with Crippen molar-refractivity contribution in [1.82, 2.24) is 14.3 Å². The molecule has 2 saturated heterocycles. The Labute approximate surface area is 217 Å². The molecule has 1 aromatic carbocycles. The van der Waals surface area contributed by atoms with Crippen molar-refractivity contribution in [3.63, 3.8) is 0 Å². The first-order valence-corrected chi connectivity index (χ1v) is 12.8. The Kier molecular flexibility index (Phi) is 6.52. The predicted molar refractivity (Wildman–Crippen MR) is 139 cm³/mol. The Morgan fingerprint density at radius 3 is 2.54 bits per heavy atom. The number of nitrogens with two attached hydrogens (primary N) is 1. The summed E-state index contributed by atoms with van der Waals surface area (Å²) in [6.07, 6.45) is 6.57. The Balaban J connectivity index is 1.29. The van der Waals surface area contributed by atoms with E-state index in [0.29, 0.717) is 44.0 Å². The molecule has 3 aromatic rings. The van der Waals surface area contributed by atoms with E-state index in [4.69, 9.17) is 39.1 Å². The number of benzene rings is 1. The summed E-state index contributed by atoms with van der Waals surface area (Å²) in [5, 5.41) is 9.43. The minimum absolute atomic E-state index is 0.0561. The largest absolute Gasteiger partial charge is 0.489 e. The topological polar surface area (TPSA) is 91.4 Å². The van der Waals surface area contributed by atoms with E-state index in [9.17, 15) is 4.39 Å². The van der Waals surface area contributed by atoms with Gasteiger partial charge in [-0.15, -0.1) is 0 Å². The molecular formula is C24H23Cl2FN6OS. The van der Waals surface area contributed by atoms with Crippen LogP contribution in [0.3, 0.4) is 0 Å². The number of anilines is 2. The first-order chi connectivity index (χ1) is 16.8. The average molecular weight is 533 g/mol. The maximum Gasteiger partial charge on any atom is 0.166 e. The monoisotopic (exact) mass is 532 g/mol. The second-order valence-electron chi connectivity index (χ2n) is 8.86. The van der Waals surface area contributed by atoms with Crippen LogP contribution in [0, 0.1) is 16.6 Å². The SMILES string of the molecule is CSN1CC2(C1)CN(c1ncc(C(=N)c3cc(OCc4c(Cl)cncc4Cl)ccc3N)cc1F)C2. The van der Waals surface area contributed by atoms with Gasteiger partial charge in [-0.25, -0.2) is 13.7 Å². The zero-order valence-electron chi connectivity index (χ0n) is 18.9.